The van der Waals surface area contributed by atoms with Gasteiger partial charge in [0.1, 0.15) is 5.75 Å². The van der Waals surface area contributed by atoms with Gasteiger partial charge in [-0.3, -0.25) is 0 Å². The van der Waals surface area contributed by atoms with Gasteiger partial charge in [0, 0.05) is 5.02 Å². The van der Waals surface area contributed by atoms with E-state index in [0.717, 1.165) is 24.2 Å². The molecule has 20 heavy (non-hydrogen) atoms. The third-order valence-corrected chi connectivity index (χ3v) is 4.09. The lowest BCUT2D eigenvalue weighted by Crippen LogP contribution is -2.25. The van der Waals surface area contributed by atoms with Crippen molar-refractivity contribution >= 4 is 17.6 Å². The van der Waals surface area contributed by atoms with Gasteiger partial charge in [-0.05, 0) is 49.4 Å². The zero-order valence-corrected chi connectivity index (χ0v) is 12.8. The Kier molecular flexibility index (Phi) is 5.30. The number of methoxy groups -OCH3 is 1. The molecule has 4 heteroatoms. The van der Waals surface area contributed by atoms with E-state index in [1.807, 2.05) is 12.1 Å². The molecule has 0 heterocycles. The average Bonchev–Trinajstić information content (AvgIpc) is 2.49. The highest BCUT2D eigenvalue weighted by molar-refractivity contribution is 6.30. The predicted octanol–water partition coefficient (Wildman–Crippen LogP) is 4.33. The second-order valence-corrected chi connectivity index (χ2v) is 5.74. The molecule has 0 unspecified atom stereocenters. The first-order valence-corrected chi connectivity index (χ1v) is 7.53. The van der Waals surface area contributed by atoms with Crippen molar-refractivity contribution in [2.24, 2.45) is 0 Å². The number of hydrogen-bond donors (Lipinski definition) is 0. The maximum atomic E-state index is 11.5. The van der Waals surface area contributed by atoms with Crippen LogP contribution in [0.5, 0.6) is 5.75 Å². The van der Waals surface area contributed by atoms with E-state index in [0.29, 0.717) is 10.9 Å². The number of hydrogen-bond acceptors (Lipinski definition) is 3. The van der Waals surface area contributed by atoms with E-state index in [9.17, 15) is 4.79 Å². The number of carbonyl (C=O) groups is 1. The minimum absolute atomic E-state index is 0.366. The summed E-state index contributed by atoms with van der Waals surface area (Å²) < 4.78 is 10.5. The summed E-state index contributed by atoms with van der Waals surface area (Å²) >= 11 is 6.12. The number of carbonyl (C=O) groups excluding carboxylic acids is 1. The van der Waals surface area contributed by atoms with Crippen LogP contribution in [0.3, 0.4) is 0 Å². The summed E-state index contributed by atoms with van der Waals surface area (Å²) in [5, 5.41) is 0.712. The molecule has 0 spiro atoms. The monoisotopic (exact) mass is 296 g/mol. The maximum absolute atomic E-state index is 11.5. The van der Waals surface area contributed by atoms with E-state index in [2.05, 4.69) is 0 Å². The molecule has 1 saturated carbocycles. The maximum Gasteiger partial charge on any atom is 0.346 e. The Hall–Kier alpha value is -1.22. The fraction of sp³-hybridized carbons (Fsp3) is 0.562. The molecule has 0 saturated heterocycles. The summed E-state index contributed by atoms with van der Waals surface area (Å²) in [5.41, 5.74) is 1.12. The van der Waals surface area contributed by atoms with Crippen LogP contribution in [0.2, 0.25) is 5.02 Å². The molecule has 1 aliphatic rings. The van der Waals surface area contributed by atoms with Crippen LogP contribution < -0.4 is 4.74 Å². The van der Waals surface area contributed by atoms with Crippen molar-refractivity contribution in [2.75, 3.05) is 7.11 Å². The highest BCUT2D eigenvalue weighted by Gasteiger charge is 2.22. The van der Waals surface area contributed by atoms with Crippen LogP contribution in [0.25, 0.3) is 0 Å². The Bertz CT molecular complexity index is 467. The Balaban J connectivity index is 2.21. The van der Waals surface area contributed by atoms with Crippen LogP contribution in [-0.2, 0) is 9.53 Å². The molecule has 0 aromatic heterocycles. The van der Waals surface area contributed by atoms with Gasteiger partial charge in [0.05, 0.1) is 7.11 Å². The summed E-state index contributed by atoms with van der Waals surface area (Å²) in [6, 6.07) is 5.62. The highest BCUT2D eigenvalue weighted by atomic mass is 35.5. The number of ether oxygens (including phenoxy) is 2. The van der Waals surface area contributed by atoms with Crippen molar-refractivity contribution < 1.29 is 14.3 Å². The Morgan fingerprint density at radius 1 is 1.30 bits per heavy atom. The van der Waals surface area contributed by atoms with Gasteiger partial charge in [-0.15, -0.1) is 0 Å². The van der Waals surface area contributed by atoms with Crippen molar-refractivity contribution in [3.63, 3.8) is 0 Å². The van der Waals surface area contributed by atoms with Gasteiger partial charge in [0.2, 0.25) is 0 Å². The van der Waals surface area contributed by atoms with Crippen LogP contribution in [0, 0.1) is 0 Å². The molecule has 1 atom stereocenters. The quantitative estimate of drug-likeness (QED) is 0.776. The van der Waals surface area contributed by atoms with E-state index < -0.39 is 6.10 Å². The van der Waals surface area contributed by atoms with Gasteiger partial charge in [-0.2, -0.15) is 0 Å². The topological polar surface area (TPSA) is 35.5 Å². The number of rotatable bonds is 4. The summed E-state index contributed by atoms with van der Waals surface area (Å²) in [5.74, 6) is 0.857. The summed E-state index contributed by atoms with van der Waals surface area (Å²) in [7, 11) is 1.37. The third kappa shape index (κ3) is 3.66. The van der Waals surface area contributed by atoms with Crippen LogP contribution in [0.1, 0.15) is 50.5 Å². The first kappa shape index (κ1) is 15.2. The number of esters is 1. The molecular weight excluding hydrogens is 276 g/mol. The lowest BCUT2D eigenvalue weighted by atomic mass is 9.83. The first-order valence-electron chi connectivity index (χ1n) is 7.15. The zero-order valence-electron chi connectivity index (χ0n) is 12.0. The molecule has 0 radical (unpaired) electrons. The molecule has 1 aromatic rings. The molecule has 2 rings (SSSR count). The molecule has 110 valence electrons. The Morgan fingerprint density at radius 2 is 2.00 bits per heavy atom. The zero-order chi connectivity index (χ0) is 14.5. The van der Waals surface area contributed by atoms with Gasteiger partial charge < -0.3 is 9.47 Å². The lowest BCUT2D eigenvalue weighted by Gasteiger charge is -2.25. The van der Waals surface area contributed by atoms with Crippen LogP contribution >= 0.6 is 11.6 Å². The van der Waals surface area contributed by atoms with Crippen LogP contribution in [-0.4, -0.2) is 19.2 Å². The van der Waals surface area contributed by atoms with Crippen molar-refractivity contribution in [1.29, 1.82) is 0 Å². The third-order valence-electron chi connectivity index (χ3n) is 3.85. The van der Waals surface area contributed by atoms with Crippen molar-refractivity contribution in [3.05, 3.63) is 28.8 Å². The van der Waals surface area contributed by atoms with Gasteiger partial charge in [0.15, 0.2) is 6.10 Å². The SMILES string of the molecule is COC(=O)[C@H](C)Oc1ccc(Cl)cc1C1CCCCC1. The van der Waals surface area contributed by atoms with E-state index in [4.69, 9.17) is 21.1 Å². The number of halogens is 1. The fourth-order valence-electron chi connectivity index (χ4n) is 2.76. The van der Waals surface area contributed by atoms with Crippen LogP contribution in [0.15, 0.2) is 18.2 Å². The van der Waals surface area contributed by atoms with E-state index in [1.165, 1.54) is 26.4 Å². The van der Waals surface area contributed by atoms with E-state index in [-0.39, 0.29) is 5.97 Å². The Morgan fingerprint density at radius 3 is 2.65 bits per heavy atom. The highest BCUT2D eigenvalue weighted by Crippen LogP contribution is 2.39. The fourth-order valence-corrected chi connectivity index (χ4v) is 2.94. The van der Waals surface area contributed by atoms with Crippen molar-refractivity contribution in [1.82, 2.24) is 0 Å². The average molecular weight is 297 g/mol. The van der Waals surface area contributed by atoms with Crippen LogP contribution in [0.4, 0.5) is 0 Å². The second-order valence-electron chi connectivity index (χ2n) is 5.30. The molecule has 1 aromatic carbocycles. The molecule has 0 N–H and O–H groups in total. The van der Waals surface area contributed by atoms with E-state index >= 15 is 0 Å². The van der Waals surface area contributed by atoms with Crippen molar-refractivity contribution in [2.45, 2.75) is 51.0 Å². The molecule has 0 amide bonds. The summed E-state index contributed by atoms with van der Waals surface area (Å²) in [6.07, 6.45) is 5.48. The van der Waals surface area contributed by atoms with E-state index in [1.54, 1.807) is 13.0 Å². The molecule has 1 fully saturated rings. The largest absolute Gasteiger partial charge is 0.479 e. The minimum Gasteiger partial charge on any atom is -0.479 e. The summed E-state index contributed by atoms with van der Waals surface area (Å²) in [4.78, 5) is 11.5. The van der Waals surface area contributed by atoms with Gasteiger partial charge in [0.25, 0.3) is 0 Å². The standard InChI is InChI=1S/C16H21ClO3/c1-11(16(18)19-2)20-15-9-8-13(17)10-14(15)12-6-4-3-5-7-12/h8-12H,3-7H2,1-2H3/t11-/m0/s1. The second kappa shape index (κ2) is 6.98. The molecule has 0 aliphatic heterocycles. The van der Waals surface area contributed by atoms with Gasteiger partial charge in [-0.1, -0.05) is 30.9 Å². The molecular formula is C16H21ClO3. The predicted molar refractivity (Wildman–Crippen MR) is 79.4 cm³/mol. The van der Waals surface area contributed by atoms with Crippen molar-refractivity contribution in [3.8, 4) is 5.75 Å². The summed E-state index contributed by atoms with van der Waals surface area (Å²) in [6.45, 7) is 1.70. The smallest absolute Gasteiger partial charge is 0.346 e. The molecule has 0 bridgehead atoms. The number of benzene rings is 1. The normalized spacial score (nSPS) is 17.6. The lowest BCUT2D eigenvalue weighted by molar-refractivity contribution is -0.147. The van der Waals surface area contributed by atoms with Gasteiger partial charge in [-0.25, -0.2) is 4.79 Å². The minimum atomic E-state index is -0.608. The first-order chi connectivity index (χ1) is 9.61. The molecule has 1 aliphatic carbocycles. The van der Waals surface area contributed by atoms with Gasteiger partial charge >= 0.3 is 5.97 Å². The Labute approximate surface area is 125 Å². The molecule has 3 nitrogen and oxygen atoms in total.